The molecule has 0 bridgehead atoms. The Morgan fingerprint density at radius 3 is 2.73 bits per heavy atom. The smallest absolute Gasteiger partial charge is 0.317 e. The molecule has 0 fully saturated rings. The molecule has 2 amide bonds. The average Bonchev–Trinajstić information content (AvgIpc) is 2.84. The Kier molecular flexibility index (Phi) is 5.04. The lowest BCUT2D eigenvalue weighted by Gasteiger charge is -2.18. The normalized spacial score (nSPS) is 10.4. The molecule has 6 heteroatoms. The van der Waals surface area contributed by atoms with E-state index in [-0.39, 0.29) is 6.03 Å². The highest BCUT2D eigenvalue weighted by atomic mass is 16.5. The first-order valence-electron chi connectivity index (χ1n) is 7.05. The van der Waals surface area contributed by atoms with Gasteiger partial charge in [-0.15, -0.1) is 0 Å². The standard InChI is InChI=1S/C16H21N3O3/c1-11-14(12(2)22-18-11)10-19(3)16(20)17-9-13-7-5-6-8-15(13)21-4/h5-8H,9-10H2,1-4H3,(H,17,20). The summed E-state index contributed by atoms with van der Waals surface area (Å²) in [6, 6.07) is 7.44. The summed E-state index contributed by atoms with van der Waals surface area (Å²) in [6.07, 6.45) is 0. The molecule has 0 saturated heterocycles. The number of carbonyl (C=O) groups excluding carboxylic acids is 1. The van der Waals surface area contributed by atoms with E-state index in [0.29, 0.717) is 13.1 Å². The van der Waals surface area contributed by atoms with Crippen molar-refractivity contribution in [2.75, 3.05) is 14.2 Å². The van der Waals surface area contributed by atoms with E-state index >= 15 is 0 Å². The van der Waals surface area contributed by atoms with Crippen molar-refractivity contribution in [1.82, 2.24) is 15.4 Å². The summed E-state index contributed by atoms with van der Waals surface area (Å²) in [6.45, 7) is 4.58. The van der Waals surface area contributed by atoms with Gasteiger partial charge in [0.15, 0.2) is 0 Å². The first-order chi connectivity index (χ1) is 10.5. The second kappa shape index (κ2) is 6.98. The van der Waals surface area contributed by atoms with E-state index < -0.39 is 0 Å². The number of nitrogens with one attached hydrogen (secondary N) is 1. The van der Waals surface area contributed by atoms with Gasteiger partial charge in [0, 0.05) is 24.7 Å². The zero-order valence-corrected chi connectivity index (χ0v) is 13.3. The molecule has 0 aliphatic carbocycles. The summed E-state index contributed by atoms with van der Waals surface area (Å²) in [5.41, 5.74) is 2.68. The van der Waals surface area contributed by atoms with E-state index in [4.69, 9.17) is 9.26 Å². The lowest BCUT2D eigenvalue weighted by molar-refractivity contribution is 0.206. The van der Waals surface area contributed by atoms with Crippen LogP contribution in [-0.4, -0.2) is 30.2 Å². The molecule has 0 aliphatic heterocycles. The zero-order chi connectivity index (χ0) is 16.1. The lowest BCUT2D eigenvalue weighted by atomic mass is 10.2. The fourth-order valence-electron chi connectivity index (χ4n) is 2.19. The van der Waals surface area contributed by atoms with Gasteiger partial charge in [0.05, 0.1) is 19.3 Å². The van der Waals surface area contributed by atoms with Crippen molar-refractivity contribution in [3.63, 3.8) is 0 Å². The second-order valence-corrected chi connectivity index (χ2v) is 5.13. The summed E-state index contributed by atoms with van der Waals surface area (Å²) in [7, 11) is 3.35. The minimum Gasteiger partial charge on any atom is -0.496 e. The Bertz CT molecular complexity index is 632. The van der Waals surface area contributed by atoms with Crippen molar-refractivity contribution in [2.45, 2.75) is 26.9 Å². The highest BCUT2D eigenvalue weighted by Crippen LogP contribution is 2.17. The van der Waals surface area contributed by atoms with Crippen LogP contribution in [0.15, 0.2) is 28.8 Å². The number of benzene rings is 1. The van der Waals surface area contributed by atoms with E-state index in [1.165, 1.54) is 0 Å². The van der Waals surface area contributed by atoms with Gasteiger partial charge in [0.25, 0.3) is 0 Å². The highest BCUT2D eigenvalue weighted by Gasteiger charge is 2.15. The maximum atomic E-state index is 12.2. The summed E-state index contributed by atoms with van der Waals surface area (Å²) >= 11 is 0. The van der Waals surface area contributed by atoms with Crippen molar-refractivity contribution in [3.8, 4) is 5.75 Å². The minimum absolute atomic E-state index is 0.161. The Morgan fingerprint density at radius 1 is 1.36 bits per heavy atom. The number of aromatic nitrogens is 1. The Balaban J connectivity index is 1.94. The quantitative estimate of drug-likeness (QED) is 0.922. The van der Waals surface area contributed by atoms with Gasteiger partial charge in [-0.25, -0.2) is 4.79 Å². The van der Waals surface area contributed by atoms with Crippen LogP contribution in [0.3, 0.4) is 0 Å². The molecule has 0 unspecified atom stereocenters. The number of urea groups is 1. The molecule has 2 aromatic rings. The molecule has 22 heavy (non-hydrogen) atoms. The molecule has 0 aliphatic rings. The second-order valence-electron chi connectivity index (χ2n) is 5.13. The fourth-order valence-corrected chi connectivity index (χ4v) is 2.19. The van der Waals surface area contributed by atoms with Gasteiger partial charge in [0.2, 0.25) is 0 Å². The van der Waals surface area contributed by atoms with Crippen LogP contribution < -0.4 is 10.1 Å². The summed E-state index contributed by atoms with van der Waals surface area (Å²) < 4.78 is 10.4. The zero-order valence-electron chi connectivity index (χ0n) is 13.3. The van der Waals surface area contributed by atoms with Crippen LogP contribution in [0, 0.1) is 13.8 Å². The van der Waals surface area contributed by atoms with E-state index in [0.717, 1.165) is 28.3 Å². The van der Waals surface area contributed by atoms with Gasteiger partial charge in [-0.05, 0) is 19.9 Å². The number of hydrogen-bond acceptors (Lipinski definition) is 4. The lowest BCUT2D eigenvalue weighted by Crippen LogP contribution is -2.36. The largest absolute Gasteiger partial charge is 0.496 e. The number of nitrogens with zero attached hydrogens (tertiary/aromatic N) is 2. The Morgan fingerprint density at radius 2 is 2.09 bits per heavy atom. The van der Waals surface area contributed by atoms with Gasteiger partial charge in [-0.3, -0.25) is 0 Å². The highest BCUT2D eigenvalue weighted by molar-refractivity contribution is 5.74. The maximum Gasteiger partial charge on any atom is 0.317 e. The fraction of sp³-hybridized carbons (Fsp3) is 0.375. The Labute approximate surface area is 130 Å². The van der Waals surface area contributed by atoms with Gasteiger partial charge < -0.3 is 19.5 Å². The molecule has 2 rings (SSSR count). The number of aryl methyl sites for hydroxylation is 2. The first kappa shape index (κ1) is 15.9. The van der Waals surface area contributed by atoms with Crippen molar-refractivity contribution >= 4 is 6.03 Å². The summed E-state index contributed by atoms with van der Waals surface area (Å²) in [5, 5.41) is 6.78. The van der Waals surface area contributed by atoms with Crippen molar-refractivity contribution < 1.29 is 14.1 Å². The first-order valence-corrected chi connectivity index (χ1v) is 7.05. The monoisotopic (exact) mass is 303 g/mol. The van der Waals surface area contributed by atoms with Crippen LogP contribution in [0.4, 0.5) is 4.79 Å². The third kappa shape index (κ3) is 3.58. The van der Waals surface area contributed by atoms with Gasteiger partial charge >= 0.3 is 6.03 Å². The number of hydrogen-bond donors (Lipinski definition) is 1. The van der Waals surface area contributed by atoms with Crippen molar-refractivity contribution in [2.24, 2.45) is 0 Å². The van der Waals surface area contributed by atoms with E-state index in [1.54, 1.807) is 19.1 Å². The van der Waals surface area contributed by atoms with Gasteiger partial charge in [-0.1, -0.05) is 23.4 Å². The van der Waals surface area contributed by atoms with Crippen LogP contribution in [0.5, 0.6) is 5.75 Å². The van der Waals surface area contributed by atoms with E-state index in [2.05, 4.69) is 10.5 Å². The molecule has 1 aromatic carbocycles. The van der Waals surface area contributed by atoms with E-state index in [9.17, 15) is 4.79 Å². The predicted octanol–water partition coefficient (Wildman–Crippen LogP) is 2.64. The van der Waals surface area contributed by atoms with Gasteiger partial charge in [-0.2, -0.15) is 0 Å². The molecule has 1 aromatic heterocycles. The molecule has 0 spiro atoms. The minimum atomic E-state index is -0.161. The molecular weight excluding hydrogens is 282 g/mol. The average molecular weight is 303 g/mol. The predicted molar refractivity (Wildman–Crippen MR) is 82.7 cm³/mol. The summed E-state index contributed by atoms with van der Waals surface area (Å²) in [4.78, 5) is 13.8. The molecule has 0 atom stereocenters. The number of rotatable bonds is 5. The SMILES string of the molecule is COc1ccccc1CNC(=O)N(C)Cc1c(C)noc1C. The van der Waals surface area contributed by atoms with Crippen molar-refractivity contribution in [1.29, 1.82) is 0 Å². The molecule has 1 N–H and O–H groups in total. The van der Waals surface area contributed by atoms with Crippen LogP contribution in [0.2, 0.25) is 0 Å². The molecule has 0 radical (unpaired) electrons. The number of methoxy groups -OCH3 is 1. The molecule has 118 valence electrons. The third-order valence-corrected chi connectivity index (χ3v) is 3.55. The summed E-state index contributed by atoms with van der Waals surface area (Å²) in [5.74, 6) is 1.50. The number of carbonyl (C=O) groups is 1. The topological polar surface area (TPSA) is 67.6 Å². The number of ether oxygens (including phenoxy) is 1. The van der Waals surface area contributed by atoms with Crippen LogP contribution >= 0.6 is 0 Å². The third-order valence-electron chi connectivity index (χ3n) is 3.55. The van der Waals surface area contributed by atoms with Crippen LogP contribution in [0.1, 0.15) is 22.6 Å². The van der Waals surface area contributed by atoms with E-state index in [1.807, 2.05) is 38.1 Å². The Hall–Kier alpha value is -2.50. The van der Waals surface area contributed by atoms with Crippen molar-refractivity contribution in [3.05, 3.63) is 46.8 Å². The molecule has 6 nitrogen and oxygen atoms in total. The van der Waals surface area contributed by atoms with Crippen LogP contribution in [0.25, 0.3) is 0 Å². The molecule has 1 heterocycles. The number of para-hydroxylation sites is 1. The molecule has 0 saturated carbocycles. The maximum absolute atomic E-state index is 12.2. The molecular formula is C16H21N3O3. The van der Waals surface area contributed by atoms with Crippen LogP contribution in [-0.2, 0) is 13.1 Å². The van der Waals surface area contributed by atoms with Gasteiger partial charge in [0.1, 0.15) is 11.5 Å². The number of amides is 2.